The lowest BCUT2D eigenvalue weighted by Gasteiger charge is -2.19. The Kier molecular flexibility index (Phi) is 4.90. The van der Waals surface area contributed by atoms with Crippen molar-refractivity contribution in [2.24, 2.45) is 0 Å². The van der Waals surface area contributed by atoms with Crippen LogP contribution in [-0.4, -0.2) is 18.2 Å². The Morgan fingerprint density at radius 2 is 1.77 bits per heavy atom. The molecule has 0 amide bonds. The van der Waals surface area contributed by atoms with Crippen LogP contribution >= 0.6 is 7.60 Å². The number of halogens is 3. The van der Waals surface area contributed by atoms with Crippen LogP contribution in [0.5, 0.6) is 0 Å². The van der Waals surface area contributed by atoms with Gasteiger partial charge >= 0.3 is 13.8 Å². The van der Waals surface area contributed by atoms with Gasteiger partial charge in [0.25, 0.3) is 0 Å². The lowest BCUT2D eigenvalue weighted by atomic mass is 10.1. The van der Waals surface area contributed by atoms with Crippen molar-refractivity contribution < 1.29 is 26.8 Å². The molecule has 1 heterocycles. The molecule has 0 bridgehead atoms. The molecule has 0 radical (unpaired) electrons. The highest BCUT2D eigenvalue weighted by molar-refractivity contribution is 7.62. The van der Waals surface area contributed by atoms with Crippen LogP contribution < -0.4 is 5.30 Å². The van der Waals surface area contributed by atoms with Crippen LogP contribution in [0.15, 0.2) is 30.5 Å². The third-order valence-corrected chi connectivity index (χ3v) is 5.12. The van der Waals surface area contributed by atoms with Gasteiger partial charge in [0.15, 0.2) is 0 Å². The van der Waals surface area contributed by atoms with Crippen LogP contribution in [0.4, 0.5) is 13.2 Å². The SMILES string of the molecule is CCOP(=O)(OCC)c1ccnc2ccc(C(F)(F)F)cc12. The summed E-state index contributed by atoms with van der Waals surface area (Å²) in [6, 6.07) is 4.46. The minimum Gasteiger partial charge on any atom is -0.305 e. The second-order valence-corrected chi connectivity index (χ2v) is 6.39. The van der Waals surface area contributed by atoms with Crippen LogP contribution in [-0.2, 0) is 19.8 Å². The van der Waals surface area contributed by atoms with Crippen LogP contribution in [0.25, 0.3) is 10.9 Å². The van der Waals surface area contributed by atoms with Crippen LogP contribution in [0, 0.1) is 0 Å². The van der Waals surface area contributed by atoms with E-state index in [0.717, 1.165) is 12.1 Å². The van der Waals surface area contributed by atoms with Crippen molar-refractivity contribution in [1.29, 1.82) is 0 Å². The van der Waals surface area contributed by atoms with Gasteiger partial charge in [0.1, 0.15) is 0 Å². The summed E-state index contributed by atoms with van der Waals surface area (Å²) in [6.07, 6.45) is -3.13. The number of rotatable bonds is 5. The molecule has 8 heteroatoms. The number of alkyl halides is 3. The monoisotopic (exact) mass is 333 g/mol. The minimum atomic E-state index is -4.50. The molecule has 0 aliphatic carbocycles. The second kappa shape index (κ2) is 6.36. The molecule has 0 fully saturated rings. The standard InChI is InChI=1S/C14H15F3NO3P/c1-3-20-22(19,21-4-2)13-7-8-18-12-6-5-10(9-11(12)13)14(15,16)17/h5-9H,3-4H2,1-2H3. The Morgan fingerprint density at radius 1 is 1.14 bits per heavy atom. The number of nitrogens with zero attached hydrogens (tertiary/aromatic N) is 1. The molecule has 0 aliphatic heterocycles. The van der Waals surface area contributed by atoms with Gasteiger partial charge in [-0.25, -0.2) is 0 Å². The zero-order chi connectivity index (χ0) is 16.4. The van der Waals surface area contributed by atoms with Gasteiger partial charge in [-0.15, -0.1) is 0 Å². The number of hydrogen-bond donors (Lipinski definition) is 0. The molecular weight excluding hydrogens is 318 g/mol. The number of fused-ring (bicyclic) bond motifs is 1. The van der Waals surface area contributed by atoms with Gasteiger partial charge in [-0.2, -0.15) is 13.2 Å². The van der Waals surface area contributed by atoms with Crippen molar-refractivity contribution in [3.8, 4) is 0 Å². The molecule has 1 aromatic heterocycles. The summed E-state index contributed by atoms with van der Waals surface area (Å²) in [5.41, 5.74) is -0.543. The van der Waals surface area contributed by atoms with Crippen molar-refractivity contribution in [2.45, 2.75) is 20.0 Å². The van der Waals surface area contributed by atoms with Crippen LogP contribution in [0.3, 0.4) is 0 Å². The molecule has 120 valence electrons. The van der Waals surface area contributed by atoms with Crippen molar-refractivity contribution in [3.63, 3.8) is 0 Å². The highest BCUT2D eigenvalue weighted by Gasteiger charge is 2.33. The van der Waals surface area contributed by atoms with Gasteiger partial charge in [0, 0.05) is 11.6 Å². The minimum absolute atomic E-state index is 0.0901. The van der Waals surface area contributed by atoms with Gasteiger partial charge in [0.05, 0.1) is 29.6 Å². The normalized spacial score (nSPS) is 12.8. The van der Waals surface area contributed by atoms with Crippen molar-refractivity contribution in [2.75, 3.05) is 13.2 Å². The molecular formula is C14H15F3NO3P. The van der Waals surface area contributed by atoms with Gasteiger partial charge in [0.2, 0.25) is 0 Å². The third-order valence-electron chi connectivity index (χ3n) is 2.94. The van der Waals surface area contributed by atoms with E-state index in [0.29, 0.717) is 5.52 Å². The topological polar surface area (TPSA) is 48.4 Å². The van der Waals surface area contributed by atoms with E-state index < -0.39 is 19.3 Å². The fourth-order valence-corrected chi connectivity index (χ4v) is 3.82. The lowest BCUT2D eigenvalue weighted by molar-refractivity contribution is -0.137. The fourth-order valence-electron chi connectivity index (χ4n) is 2.06. The molecule has 2 aromatic rings. The summed E-state index contributed by atoms with van der Waals surface area (Å²) in [7, 11) is -3.70. The zero-order valence-corrected chi connectivity index (χ0v) is 12.9. The summed E-state index contributed by atoms with van der Waals surface area (Å²) in [5, 5.41) is 0.204. The molecule has 22 heavy (non-hydrogen) atoms. The van der Waals surface area contributed by atoms with E-state index in [1.165, 1.54) is 18.3 Å². The Labute approximate surface area is 125 Å². The first-order valence-corrected chi connectivity index (χ1v) is 8.21. The van der Waals surface area contributed by atoms with Gasteiger partial charge < -0.3 is 9.05 Å². The van der Waals surface area contributed by atoms with Gasteiger partial charge in [-0.1, -0.05) is 0 Å². The molecule has 4 nitrogen and oxygen atoms in total. The number of benzene rings is 1. The quantitative estimate of drug-likeness (QED) is 0.772. The Bertz CT molecular complexity index is 708. The molecule has 0 N–H and O–H groups in total. The van der Waals surface area contributed by atoms with Gasteiger partial charge in [-0.05, 0) is 38.1 Å². The van der Waals surface area contributed by atoms with Crippen molar-refractivity contribution in [1.82, 2.24) is 4.98 Å². The number of aromatic nitrogens is 1. The largest absolute Gasteiger partial charge is 0.416 e. The molecule has 1 aromatic carbocycles. The molecule has 0 aliphatic rings. The van der Waals surface area contributed by atoms with E-state index in [4.69, 9.17) is 9.05 Å². The molecule has 2 rings (SSSR count). The molecule has 0 unspecified atom stereocenters. The molecule has 0 spiro atoms. The van der Waals surface area contributed by atoms with E-state index in [1.54, 1.807) is 13.8 Å². The van der Waals surface area contributed by atoms with Crippen molar-refractivity contribution in [3.05, 3.63) is 36.0 Å². The maximum atomic E-state index is 12.9. The predicted octanol–water partition coefficient (Wildman–Crippen LogP) is 4.15. The predicted molar refractivity (Wildman–Crippen MR) is 77.2 cm³/mol. The Balaban J connectivity index is 2.69. The number of pyridine rings is 1. The first-order chi connectivity index (χ1) is 10.3. The summed E-state index contributed by atoms with van der Waals surface area (Å²) in [5.74, 6) is 0. The fraction of sp³-hybridized carbons (Fsp3) is 0.357. The van der Waals surface area contributed by atoms with Crippen molar-refractivity contribution >= 4 is 23.8 Å². The van der Waals surface area contributed by atoms with E-state index in [2.05, 4.69) is 4.98 Å². The van der Waals surface area contributed by atoms with E-state index in [-0.39, 0.29) is 23.9 Å². The average molecular weight is 333 g/mol. The summed E-state index contributed by atoms with van der Waals surface area (Å²) < 4.78 is 61.9. The zero-order valence-electron chi connectivity index (χ0n) is 12.1. The average Bonchev–Trinajstić information content (AvgIpc) is 2.45. The first kappa shape index (κ1) is 16.9. The smallest absolute Gasteiger partial charge is 0.305 e. The highest BCUT2D eigenvalue weighted by atomic mass is 31.2. The van der Waals surface area contributed by atoms with E-state index in [1.807, 2.05) is 0 Å². The number of hydrogen-bond acceptors (Lipinski definition) is 4. The summed E-state index contributed by atoms with van der Waals surface area (Å²) in [6.45, 7) is 3.49. The maximum absolute atomic E-state index is 12.9. The van der Waals surface area contributed by atoms with E-state index >= 15 is 0 Å². The Hall–Kier alpha value is -1.43. The second-order valence-electron chi connectivity index (χ2n) is 4.39. The summed E-state index contributed by atoms with van der Waals surface area (Å²) in [4.78, 5) is 4.00. The lowest BCUT2D eigenvalue weighted by Crippen LogP contribution is -2.13. The van der Waals surface area contributed by atoms with Gasteiger partial charge in [-0.3, -0.25) is 9.55 Å². The summed E-state index contributed by atoms with van der Waals surface area (Å²) >= 11 is 0. The third kappa shape index (κ3) is 3.32. The first-order valence-electron chi connectivity index (χ1n) is 6.67. The van der Waals surface area contributed by atoms with E-state index in [9.17, 15) is 17.7 Å². The van der Waals surface area contributed by atoms with Crippen LogP contribution in [0.2, 0.25) is 0 Å². The Morgan fingerprint density at radius 3 is 2.32 bits per heavy atom. The maximum Gasteiger partial charge on any atom is 0.416 e. The highest BCUT2D eigenvalue weighted by Crippen LogP contribution is 2.48. The molecule has 0 saturated carbocycles. The molecule has 0 atom stereocenters. The van der Waals surface area contributed by atoms with Crippen LogP contribution in [0.1, 0.15) is 19.4 Å². The molecule has 0 saturated heterocycles.